The molecule has 2 amide bonds. The maximum Gasteiger partial charge on any atom is 0.294 e. The van der Waals surface area contributed by atoms with Crippen LogP contribution in [-0.2, 0) is 9.53 Å². The summed E-state index contributed by atoms with van der Waals surface area (Å²) in [5, 5.41) is -0.215. The van der Waals surface area contributed by atoms with E-state index in [-0.39, 0.29) is 11.1 Å². The van der Waals surface area contributed by atoms with Crippen LogP contribution in [0, 0.1) is 0 Å². The molecule has 0 radical (unpaired) electrons. The van der Waals surface area contributed by atoms with Crippen molar-refractivity contribution in [2.24, 2.45) is 0 Å². The van der Waals surface area contributed by atoms with Crippen molar-refractivity contribution in [3.05, 3.63) is 34.7 Å². The van der Waals surface area contributed by atoms with Gasteiger partial charge in [-0.25, -0.2) is 0 Å². The summed E-state index contributed by atoms with van der Waals surface area (Å²) in [6.07, 6.45) is 3.89. The number of unbranched alkanes of at least 4 members (excludes halogenated alkanes) is 1. The first-order valence-corrected chi connectivity index (χ1v) is 9.77. The van der Waals surface area contributed by atoms with E-state index < -0.39 is 0 Å². The highest BCUT2D eigenvalue weighted by molar-refractivity contribution is 8.18. The Balaban J connectivity index is 1.61. The van der Waals surface area contributed by atoms with Crippen LogP contribution in [0.1, 0.15) is 25.3 Å². The molecule has 2 heterocycles. The maximum absolute atomic E-state index is 12.6. The quantitative estimate of drug-likeness (QED) is 0.538. The van der Waals surface area contributed by atoms with Crippen LogP contribution in [0.3, 0.4) is 0 Å². The van der Waals surface area contributed by atoms with Crippen molar-refractivity contribution in [2.45, 2.75) is 19.8 Å². The van der Waals surface area contributed by atoms with Crippen molar-refractivity contribution in [1.82, 2.24) is 9.80 Å². The van der Waals surface area contributed by atoms with E-state index in [2.05, 4.69) is 11.8 Å². The van der Waals surface area contributed by atoms with Gasteiger partial charge in [-0.05, 0) is 42.0 Å². The molecule has 0 bridgehead atoms. The summed E-state index contributed by atoms with van der Waals surface area (Å²) in [4.78, 5) is 28.6. The molecule has 7 heteroatoms. The molecule has 1 aromatic carbocycles. The topological polar surface area (TPSA) is 59.1 Å². The highest BCUT2D eigenvalue weighted by Gasteiger charge is 2.36. The molecule has 0 unspecified atom stereocenters. The van der Waals surface area contributed by atoms with Crippen LogP contribution in [0.2, 0.25) is 0 Å². The van der Waals surface area contributed by atoms with Crippen LogP contribution >= 0.6 is 11.8 Å². The fourth-order valence-electron chi connectivity index (χ4n) is 2.71. The fourth-order valence-corrected chi connectivity index (χ4v) is 3.54. The third-order valence-corrected chi connectivity index (χ3v) is 5.17. The van der Waals surface area contributed by atoms with Gasteiger partial charge in [0.2, 0.25) is 0 Å². The third-order valence-electron chi connectivity index (χ3n) is 4.26. The van der Waals surface area contributed by atoms with E-state index in [1.54, 1.807) is 6.08 Å². The molecular formula is C19H24N2O4S. The van der Waals surface area contributed by atoms with Gasteiger partial charge in [-0.1, -0.05) is 25.5 Å². The lowest BCUT2D eigenvalue weighted by Crippen LogP contribution is -2.45. The lowest BCUT2D eigenvalue weighted by atomic mass is 10.2. The molecule has 0 aromatic heterocycles. The summed E-state index contributed by atoms with van der Waals surface area (Å²) in [6.45, 7) is 5.91. The van der Waals surface area contributed by atoms with Gasteiger partial charge in [0.15, 0.2) is 0 Å². The van der Waals surface area contributed by atoms with E-state index in [1.807, 2.05) is 24.3 Å². The first kappa shape index (κ1) is 18.9. The Labute approximate surface area is 158 Å². The number of imide groups is 1. The Kier molecular flexibility index (Phi) is 6.71. The van der Waals surface area contributed by atoms with Crippen LogP contribution < -0.4 is 4.74 Å². The average Bonchev–Trinajstić information content (AvgIpc) is 2.92. The minimum Gasteiger partial charge on any atom is -0.494 e. The molecule has 6 nitrogen and oxygen atoms in total. The van der Waals surface area contributed by atoms with E-state index >= 15 is 0 Å². The monoisotopic (exact) mass is 376 g/mol. The predicted molar refractivity (Wildman–Crippen MR) is 102 cm³/mol. The first-order valence-electron chi connectivity index (χ1n) is 8.95. The van der Waals surface area contributed by atoms with Crippen LogP contribution in [0.15, 0.2) is 29.2 Å². The van der Waals surface area contributed by atoms with Gasteiger partial charge in [0.1, 0.15) is 5.75 Å². The van der Waals surface area contributed by atoms with Crippen molar-refractivity contribution in [1.29, 1.82) is 0 Å². The Morgan fingerprint density at radius 2 is 1.92 bits per heavy atom. The number of carbonyl (C=O) groups is 2. The third kappa shape index (κ3) is 4.87. The standard InChI is InChI=1S/C19H24N2O4S/c1-2-3-10-25-16-6-4-15(5-7-16)13-17-18(22)21(19(23)26-17)14-20-8-11-24-12-9-20/h4-7,13H,2-3,8-12,14H2,1H3/b17-13+. The number of benzene rings is 1. The number of thioether (sulfide) groups is 1. The Bertz CT molecular complexity index is 669. The summed E-state index contributed by atoms with van der Waals surface area (Å²) < 4.78 is 10.9. The van der Waals surface area contributed by atoms with Crippen molar-refractivity contribution in [2.75, 3.05) is 39.6 Å². The summed E-state index contributed by atoms with van der Waals surface area (Å²) >= 11 is 0.996. The van der Waals surface area contributed by atoms with Crippen LogP contribution in [0.4, 0.5) is 4.79 Å². The molecule has 0 saturated carbocycles. The zero-order chi connectivity index (χ0) is 18.4. The van der Waals surface area contributed by atoms with E-state index in [9.17, 15) is 9.59 Å². The van der Waals surface area contributed by atoms with Gasteiger partial charge >= 0.3 is 0 Å². The van der Waals surface area contributed by atoms with E-state index in [0.717, 1.165) is 49.0 Å². The molecule has 3 rings (SSSR count). The number of ether oxygens (including phenoxy) is 2. The van der Waals surface area contributed by atoms with E-state index in [4.69, 9.17) is 9.47 Å². The Morgan fingerprint density at radius 1 is 1.19 bits per heavy atom. The lowest BCUT2D eigenvalue weighted by molar-refractivity contribution is -0.125. The van der Waals surface area contributed by atoms with Crippen LogP contribution in [0.5, 0.6) is 5.75 Å². The minimum absolute atomic E-state index is 0.215. The van der Waals surface area contributed by atoms with Crippen LogP contribution in [0.25, 0.3) is 6.08 Å². The molecule has 26 heavy (non-hydrogen) atoms. The van der Waals surface area contributed by atoms with Gasteiger partial charge in [-0.3, -0.25) is 19.4 Å². The van der Waals surface area contributed by atoms with Crippen LogP contribution in [-0.4, -0.2) is 60.5 Å². The number of hydrogen-bond donors (Lipinski definition) is 0. The summed E-state index contributed by atoms with van der Waals surface area (Å²) in [7, 11) is 0. The molecule has 140 valence electrons. The van der Waals surface area contributed by atoms with Gasteiger partial charge in [-0.15, -0.1) is 0 Å². The van der Waals surface area contributed by atoms with E-state index in [1.165, 1.54) is 4.90 Å². The second kappa shape index (κ2) is 9.21. The fraction of sp³-hybridized carbons (Fsp3) is 0.474. The molecule has 2 fully saturated rings. The van der Waals surface area contributed by atoms with Gasteiger partial charge in [-0.2, -0.15) is 0 Å². The molecule has 2 aliphatic rings. The molecular weight excluding hydrogens is 352 g/mol. The van der Waals surface area contributed by atoms with Gasteiger partial charge in [0.05, 0.1) is 31.4 Å². The number of amides is 2. The van der Waals surface area contributed by atoms with Gasteiger partial charge in [0.25, 0.3) is 11.1 Å². The number of nitrogens with zero attached hydrogens (tertiary/aromatic N) is 2. The largest absolute Gasteiger partial charge is 0.494 e. The zero-order valence-corrected chi connectivity index (χ0v) is 15.8. The molecule has 0 spiro atoms. The number of rotatable bonds is 7. The Hall–Kier alpha value is -1.83. The number of hydrogen-bond acceptors (Lipinski definition) is 6. The second-order valence-corrected chi connectivity index (χ2v) is 7.25. The van der Waals surface area contributed by atoms with Gasteiger partial charge < -0.3 is 9.47 Å². The summed E-state index contributed by atoms with van der Waals surface area (Å²) in [6, 6.07) is 7.58. The second-order valence-electron chi connectivity index (χ2n) is 6.25. The molecule has 0 atom stereocenters. The van der Waals surface area contributed by atoms with Crippen molar-refractivity contribution in [3.8, 4) is 5.75 Å². The summed E-state index contributed by atoms with van der Waals surface area (Å²) in [5.41, 5.74) is 0.879. The maximum atomic E-state index is 12.6. The van der Waals surface area contributed by atoms with E-state index in [0.29, 0.717) is 31.4 Å². The molecule has 2 saturated heterocycles. The van der Waals surface area contributed by atoms with Crippen molar-refractivity contribution >= 4 is 29.0 Å². The lowest BCUT2D eigenvalue weighted by Gasteiger charge is -2.29. The number of morpholine rings is 1. The smallest absolute Gasteiger partial charge is 0.294 e. The zero-order valence-electron chi connectivity index (χ0n) is 15.0. The first-order chi connectivity index (χ1) is 12.7. The normalized spacial score (nSPS) is 20.2. The highest BCUT2D eigenvalue weighted by Crippen LogP contribution is 2.32. The number of carbonyl (C=O) groups excluding carboxylic acids is 2. The molecule has 2 aliphatic heterocycles. The van der Waals surface area contributed by atoms with Crippen molar-refractivity contribution < 1.29 is 19.1 Å². The molecule has 1 aromatic rings. The predicted octanol–water partition coefficient (Wildman–Crippen LogP) is 3.19. The highest BCUT2D eigenvalue weighted by atomic mass is 32.2. The Morgan fingerprint density at radius 3 is 2.62 bits per heavy atom. The molecule has 0 N–H and O–H groups in total. The summed E-state index contributed by atoms with van der Waals surface area (Å²) in [5.74, 6) is 0.589. The minimum atomic E-state index is -0.227. The van der Waals surface area contributed by atoms with Gasteiger partial charge in [0, 0.05) is 13.1 Å². The SMILES string of the molecule is CCCCOc1ccc(/C=C2/SC(=O)N(CN3CCOCC3)C2=O)cc1. The molecule has 0 aliphatic carbocycles. The van der Waals surface area contributed by atoms with Crippen molar-refractivity contribution in [3.63, 3.8) is 0 Å². The average molecular weight is 376 g/mol.